The van der Waals surface area contributed by atoms with Crippen LogP contribution in [0.15, 0.2) is 51.4 Å². The summed E-state index contributed by atoms with van der Waals surface area (Å²) in [5.41, 5.74) is 3.06. The van der Waals surface area contributed by atoms with E-state index in [1.54, 1.807) is 0 Å². The quantitative estimate of drug-likeness (QED) is 0.601. The zero-order valence-corrected chi connectivity index (χ0v) is 14.7. The third-order valence-corrected chi connectivity index (χ3v) is 4.42. The highest BCUT2D eigenvalue weighted by atomic mass is 79.9. The number of Topliss-reactive ketones (excluding diaryl/α,β-unsaturated/α-hetero) is 1. The Morgan fingerprint density at radius 2 is 1.70 bits per heavy atom. The lowest BCUT2D eigenvalue weighted by molar-refractivity contribution is 0.0992. The third-order valence-electron chi connectivity index (χ3n) is 3.24. The van der Waals surface area contributed by atoms with Crippen LogP contribution in [0, 0.1) is 0 Å². The second-order valence-electron chi connectivity index (χ2n) is 5.12. The lowest BCUT2D eigenvalue weighted by Crippen LogP contribution is -2.04. The van der Waals surface area contributed by atoms with Gasteiger partial charge in [0.05, 0.1) is 0 Å². The molecule has 3 heteroatoms. The number of ketones is 1. The summed E-state index contributed by atoms with van der Waals surface area (Å²) in [4.78, 5) is 12.4. The van der Waals surface area contributed by atoms with Crippen LogP contribution in [0.5, 0.6) is 0 Å². The van der Waals surface area contributed by atoms with E-state index in [1.807, 2.05) is 30.3 Å². The van der Waals surface area contributed by atoms with Crippen molar-refractivity contribution in [1.29, 1.82) is 0 Å². The molecule has 0 bridgehead atoms. The Bertz CT molecular complexity index is 615. The lowest BCUT2D eigenvalue weighted by Gasteiger charge is -2.08. The molecule has 0 aliphatic heterocycles. The average molecular weight is 396 g/mol. The molecule has 0 aliphatic rings. The normalized spacial score (nSPS) is 10.8. The minimum absolute atomic E-state index is 0.121. The standard InChI is InChI=1S/C17H16Br2O/c1-11(2)13-5-3-12(4-6-13)9-17(20)15-10-14(18)7-8-16(15)19/h3-8,10-11H,9H2,1-2H3. The molecule has 0 amide bonds. The number of rotatable bonds is 4. The minimum Gasteiger partial charge on any atom is -0.294 e. The first kappa shape index (κ1) is 15.5. The highest BCUT2D eigenvalue weighted by Gasteiger charge is 2.11. The van der Waals surface area contributed by atoms with Crippen molar-refractivity contribution in [2.45, 2.75) is 26.2 Å². The Morgan fingerprint density at radius 3 is 2.30 bits per heavy atom. The zero-order chi connectivity index (χ0) is 14.7. The molecule has 0 aromatic heterocycles. The summed E-state index contributed by atoms with van der Waals surface area (Å²) in [6.45, 7) is 4.33. The minimum atomic E-state index is 0.121. The summed E-state index contributed by atoms with van der Waals surface area (Å²) in [6.07, 6.45) is 0.424. The van der Waals surface area contributed by atoms with Crippen molar-refractivity contribution in [1.82, 2.24) is 0 Å². The first-order chi connectivity index (χ1) is 9.47. The molecular formula is C17H16Br2O. The molecule has 0 spiro atoms. The molecule has 0 saturated heterocycles. The van der Waals surface area contributed by atoms with Crippen molar-refractivity contribution in [3.05, 3.63) is 68.1 Å². The second kappa shape index (κ2) is 6.68. The Labute approximate surface area is 136 Å². The van der Waals surface area contributed by atoms with Crippen molar-refractivity contribution in [3.8, 4) is 0 Å². The van der Waals surface area contributed by atoms with Crippen LogP contribution >= 0.6 is 31.9 Å². The molecule has 0 aliphatic carbocycles. The molecule has 20 heavy (non-hydrogen) atoms. The van der Waals surface area contributed by atoms with Crippen molar-refractivity contribution in [3.63, 3.8) is 0 Å². The van der Waals surface area contributed by atoms with Crippen LogP contribution in [0.2, 0.25) is 0 Å². The predicted molar refractivity (Wildman–Crippen MR) is 90.4 cm³/mol. The monoisotopic (exact) mass is 394 g/mol. The van der Waals surface area contributed by atoms with E-state index in [-0.39, 0.29) is 5.78 Å². The van der Waals surface area contributed by atoms with Crippen LogP contribution in [0.25, 0.3) is 0 Å². The van der Waals surface area contributed by atoms with Gasteiger partial charge in [-0.2, -0.15) is 0 Å². The van der Waals surface area contributed by atoms with Gasteiger partial charge in [-0.25, -0.2) is 0 Å². The van der Waals surface area contributed by atoms with E-state index in [2.05, 4.69) is 57.8 Å². The van der Waals surface area contributed by atoms with Gasteiger partial charge in [-0.3, -0.25) is 4.79 Å². The summed E-state index contributed by atoms with van der Waals surface area (Å²) in [6, 6.07) is 13.9. The van der Waals surface area contributed by atoms with E-state index < -0.39 is 0 Å². The van der Waals surface area contributed by atoms with Gasteiger partial charge in [-0.15, -0.1) is 0 Å². The molecule has 0 radical (unpaired) electrons. The molecule has 0 unspecified atom stereocenters. The molecule has 0 saturated carbocycles. The van der Waals surface area contributed by atoms with E-state index >= 15 is 0 Å². The van der Waals surface area contributed by atoms with Crippen LogP contribution in [-0.2, 0) is 6.42 Å². The number of carbonyl (C=O) groups is 1. The van der Waals surface area contributed by atoms with E-state index in [9.17, 15) is 4.79 Å². The van der Waals surface area contributed by atoms with Gasteiger partial charge >= 0.3 is 0 Å². The molecule has 2 aromatic carbocycles. The van der Waals surface area contributed by atoms with Crippen LogP contribution in [0.3, 0.4) is 0 Å². The molecule has 104 valence electrons. The fourth-order valence-electron chi connectivity index (χ4n) is 2.01. The summed E-state index contributed by atoms with van der Waals surface area (Å²) in [5.74, 6) is 0.634. The van der Waals surface area contributed by atoms with Crippen LogP contribution in [0.1, 0.15) is 41.3 Å². The van der Waals surface area contributed by atoms with Crippen molar-refractivity contribution in [2.24, 2.45) is 0 Å². The number of carbonyl (C=O) groups excluding carboxylic acids is 1. The summed E-state index contributed by atoms with van der Waals surface area (Å²) in [7, 11) is 0. The molecule has 2 aromatic rings. The lowest BCUT2D eigenvalue weighted by atomic mass is 9.98. The topological polar surface area (TPSA) is 17.1 Å². The number of halogens is 2. The molecule has 1 nitrogen and oxygen atoms in total. The van der Waals surface area contributed by atoms with E-state index in [4.69, 9.17) is 0 Å². The highest BCUT2D eigenvalue weighted by molar-refractivity contribution is 9.11. The van der Waals surface area contributed by atoms with E-state index in [0.29, 0.717) is 17.9 Å². The van der Waals surface area contributed by atoms with Crippen molar-refractivity contribution < 1.29 is 4.79 Å². The van der Waals surface area contributed by atoms with Crippen molar-refractivity contribution >= 4 is 37.6 Å². The molecule has 0 N–H and O–H groups in total. The number of hydrogen-bond acceptors (Lipinski definition) is 1. The fraction of sp³-hybridized carbons (Fsp3) is 0.235. The van der Waals surface area contributed by atoms with Gasteiger partial charge < -0.3 is 0 Å². The Morgan fingerprint density at radius 1 is 1.05 bits per heavy atom. The van der Waals surface area contributed by atoms with Gasteiger partial charge in [0.2, 0.25) is 0 Å². The Kier molecular flexibility index (Phi) is 5.17. The van der Waals surface area contributed by atoms with E-state index in [0.717, 1.165) is 14.5 Å². The maximum atomic E-state index is 12.4. The van der Waals surface area contributed by atoms with Gasteiger partial charge in [0.1, 0.15) is 0 Å². The average Bonchev–Trinajstić information content (AvgIpc) is 2.42. The first-order valence-corrected chi connectivity index (χ1v) is 8.13. The van der Waals surface area contributed by atoms with Crippen molar-refractivity contribution in [2.75, 3.05) is 0 Å². The summed E-state index contributed by atoms with van der Waals surface area (Å²) >= 11 is 6.84. The molecule has 0 fully saturated rings. The molecule has 2 rings (SSSR count). The Balaban J connectivity index is 2.17. The largest absolute Gasteiger partial charge is 0.294 e. The molecular weight excluding hydrogens is 380 g/mol. The van der Waals surface area contributed by atoms with Crippen LogP contribution < -0.4 is 0 Å². The van der Waals surface area contributed by atoms with E-state index in [1.165, 1.54) is 5.56 Å². The predicted octanol–water partition coefficient (Wildman–Crippen LogP) is 5.76. The maximum absolute atomic E-state index is 12.4. The zero-order valence-electron chi connectivity index (χ0n) is 11.5. The van der Waals surface area contributed by atoms with Crippen LogP contribution in [0.4, 0.5) is 0 Å². The third kappa shape index (κ3) is 3.80. The van der Waals surface area contributed by atoms with Gasteiger partial charge in [-0.05, 0) is 35.2 Å². The van der Waals surface area contributed by atoms with Gasteiger partial charge in [-0.1, -0.05) is 70.0 Å². The molecule has 0 heterocycles. The number of benzene rings is 2. The Hall–Kier alpha value is -0.930. The van der Waals surface area contributed by atoms with Gasteiger partial charge in [0.15, 0.2) is 5.78 Å². The first-order valence-electron chi connectivity index (χ1n) is 6.54. The maximum Gasteiger partial charge on any atom is 0.168 e. The highest BCUT2D eigenvalue weighted by Crippen LogP contribution is 2.23. The summed E-state index contributed by atoms with van der Waals surface area (Å²) < 4.78 is 1.75. The van der Waals surface area contributed by atoms with Gasteiger partial charge in [0.25, 0.3) is 0 Å². The second-order valence-corrected chi connectivity index (χ2v) is 6.89. The van der Waals surface area contributed by atoms with Crippen LogP contribution in [-0.4, -0.2) is 5.78 Å². The smallest absolute Gasteiger partial charge is 0.168 e. The summed E-state index contributed by atoms with van der Waals surface area (Å²) in [5, 5.41) is 0. The fourth-order valence-corrected chi connectivity index (χ4v) is 2.84. The SMILES string of the molecule is CC(C)c1ccc(CC(=O)c2cc(Br)ccc2Br)cc1. The molecule has 0 atom stereocenters. The van der Waals surface area contributed by atoms with Gasteiger partial charge in [0, 0.05) is 20.9 Å². The number of hydrogen-bond donors (Lipinski definition) is 0.